The lowest BCUT2D eigenvalue weighted by Crippen LogP contribution is -2.41. The van der Waals surface area contributed by atoms with Crippen LogP contribution in [0.15, 0.2) is 29.9 Å². The van der Waals surface area contributed by atoms with Crippen molar-refractivity contribution in [2.75, 3.05) is 39.9 Å². The number of rotatable bonds is 8. The number of aryl methyl sites for hydroxylation is 1. The second kappa shape index (κ2) is 9.92. The Morgan fingerprint density at radius 1 is 1.33 bits per heavy atom. The van der Waals surface area contributed by atoms with Crippen LogP contribution in [0.1, 0.15) is 33.9 Å². The summed E-state index contributed by atoms with van der Waals surface area (Å²) in [5.41, 5.74) is 1.66. The van der Waals surface area contributed by atoms with Crippen molar-refractivity contribution >= 4 is 17.2 Å². The van der Waals surface area contributed by atoms with E-state index in [2.05, 4.69) is 14.9 Å². The maximum absolute atomic E-state index is 13.1. The molecule has 0 radical (unpaired) electrons. The van der Waals surface area contributed by atoms with E-state index in [1.165, 1.54) is 11.3 Å². The minimum Gasteiger partial charge on any atom is -0.383 e. The van der Waals surface area contributed by atoms with Gasteiger partial charge < -0.3 is 14.5 Å². The smallest absolute Gasteiger partial charge is 0.273 e. The number of carbonyl (C=O) groups excluding carboxylic acids is 1. The minimum absolute atomic E-state index is 0.0259. The Kier molecular flexibility index (Phi) is 7.32. The molecule has 2 aromatic heterocycles. The zero-order valence-electron chi connectivity index (χ0n) is 16.1. The lowest BCUT2D eigenvalue weighted by molar-refractivity contribution is 0.0653. The normalized spacial score (nSPS) is 15.8. The van der Waals surface area contributed by atoms with Crippen molar-refractivity contribution in [1.82, 2.24) is 19.8 Å². The third-order valence-corrected chi connectivity index (χ3v) is 5.82. The SMILES string of the molecule is COCCN1CCC(CN(Cc2ccncc2)C(=O)c2csc(C)n2)CC1. The van der Waals surface area contributed by atoms with Crippen molar-refractivity contribution in [3.05, 3.63) is 46.2 Å². The van der Waals surface area contributed by atoms with Crippen molar-refractivity contribution in [1.29, 1.82) is 0 Å². The number of ether oxygens (including phenoxy) is 1. The zero-order valence-corrected chi connectivity index (χ0v) is 17.0. The molecule has 7 heteroatoms. The first-order valence-electron chi connectivity index (χ1n) is 9.47. The average Bonchev–Trinajstić information content (AvgIpc) is 3.13. The summed E-state index contributed by atoms with van der Waals surface area (Å²) in [4.78, 5) is 26.0. The topological polar surface area (TPSA) is 58.6 Å². The van der Waals surface area contributed by atoms with E-state index >= 15 is 0 Å². The van der Waals surface area contributed by atoms with E-state index in [1.807, 2.05) is 29.3 Å². The molecule has 0 saturated carbocycles. The molecule has 0 aromatic carbocycles. The van der Waals surface area contributed by atoms with Gasteiger partial charge in [0.15, 0.2) is 0 Å². The second-order valence-corrected chi connectivity index (χ2v) is 8.13. The highest BCUT2D eigenvalue weighted by molar-refractivity contribution is 7.09. The lowest BCUT2D eigenvalue weighted by atomic mass is 9.96. The summed E-state index contributed by atoms with van der Waals surface area (Å²) in [5.74, 6) is 0.548. The van der Waals surface area contributed by atoms with Crippen LogP contribution in [0.4, 0.5) is 0 Å². The van der Waals surface area contributed by atoms with Gasteiger partial charge in [-0.05, 0) is 56.5 Å². The number of amides is 1. The van der Waals surface area contributed by atoms with Gasteiger partial charge in [-0.15, -0.1) is 11.3 Å². The van der Waals surface area contributed by atoms with E-state index in [0.29, 0.717) is 18.2 Å². The Morgan fingerprint density at radius 3 is 2.70 bits per heavy atom. The highest BCUT2D eigenvalue weighted by Gasteiger charge is 2.25. The van der Waals surface area contributed by atoms with Crippen LogP contribution in [0.3, 0.4) is 0 Å². The largest absolute Gasteiger partial charge is 0.383 e. The molecule has 1 aliphatic rings. The zero-order chi connectivity index (χ0) is 19.1. The van der Waals surface area contributed by atoms with Crippen molar-refractivity contribution in [2.45, 2.75) is 26.3 Å². The predicted molar refractivity (Wildman–Crippen MR) is 107 cm³/mol. The van der Waals surface area contributed by atoms with Crippen molar-refractivity contribution in [3.63, 3.8) is 0 Å². The standard InChI is InChI=1S/C20H28N4O2S/c1-16-22-19(15-27-16)20(25)24(13-17-3-7-21-8-4-17)14-18-5-9-23(10-6-18)11-12-26-2/h3-4,7-8,15,18H,5-6,9-14H2,1-2H3. The maximum atomic E-state index is 13.1. The molecule has 6 nitrogen and oxygen atoms in total. The fraction of sp³-hybridized carbons (Fsp3) is 0.550. The van der Waals surface area contributed by atoms with Crippen molar-refractivity contribution in [3.8, 4) is 0 Å². The van der Waals surface area contributed by atoms with Crippen LogP contribution < -0.4 is 0 Å². The van der Waals surface area contributed by atoms with Crippen molar-refractivity contribution in [2.24, 2.45) is 5.92 Å². The van der Waals surface area contributed by atoms with Gasteiger partial charge in [0.05, 0.1) is 11.6 Å². The van der Waals surface area contributed by atoms with E-state index in [-0.39, 0.29) is 5.91 Å². The summed E-state index contributed by atoms with van der Waals surface area (Å²) in [7, 11) is 1.75. The number of likely N-dealkylation sites (tertiary alicyclic amines) is 1. The van der Waals surface area contributed by atoms with E-state index in [9.17, 15) is 4.79 Å². The van der Waals surface area contributed by atoms with Crippen LogP contribution >= 0.6 is 11.3 Å². The highest BCUT2D eigenvalue weighted by atomic mass is 32.1. The van der Waals surface area contributed by atoms with Crippen LogP contribution in [0, 0.1) is 12.8 Å². The highest BCUT2D eigenvalue weighted by Crippen LogP contribution is 2.21. The van der Waals surface area contributed by atoms with Crippen LogP contribution in [0.5, 0.6) is 0 Å². The number of pyridine rings is 1. The van der Waals surface area contributed by atoms with Gasteiger partial charge in [0.2, 0.25) is 0 Å². The number of hydrogen-bond donors (Lipinski definition) is 0. The quantitative estimate of drug-likeness (QED) is 0.696. The third kappa shape index (κ3) is 5.82. The number of aromatic nitrogens is 2. The molecule has 1 amide bonds. The molecule has 1 saturated heterocycles. The Bertz CT molecular complexity index is 714. The molecule has 1 aliphatic heterocycles. The minimum atomic E-state index is 0.0259. The Labute approximate surface area is 165 Å². The van der Waals surface area contributed by atoms with Gasteiger partial charge >= 0.3 is 0 Å². The summed E-state index contributed by atoms with van der Waals surface area (Å²) in [6.07, 6.45) is 5.78. The van der Waals surface area contributed by atoms with Crippen molar-refractivity contribution < 1.29 is 9.53 Å². The molecule has 0 spiro atoms. The summed E-state index contributed by atoms with van der Waals surface area (Å²) in [6.45, 7) is 7.21. The number of hydrogen-bond acceptors (Lipinski definition) is 6. The second-order valence-electron chi connectivity index (χ2n) is 7.07. The van der Waals surface area contributed by atoms with Gasteiger partial charge in [-0.25, -0.2) is 4.98 Å². The number of thiazole rings is 1. The molecule has 3 rings (SSSR count). The van der Waals surface area contributed by atoms with Crippen LogP contribution in [0.2, 0.25) is 0 Å². The van der Waals surface area contributed by atoms with Gasteiger partial charge in [0, 0.05) is 44.5 Å². The molecule has 0 unspecified atom stereocenters. The molecule has 0 N–H and O–H groups in total. The van der Waals surface area contributed by atoms with Crippen LogP contribution in [0.25, 0.3) is 0 Å². The average molecular weight is 389 g/mol. The molecule has 146 valence electrons. The van der Waals surface area contributed by atoms with E-state index < -0.39 is 0 Å². The van der Waals surface area contributed by atoms with Gasteiger partial charge in [0.25, 0.3) is 5.91 Å². The van der Waals surface area contributed by atoms with Gasteiger partial charge in [-0.2, -0.15) is 0 Å². The molecule has 0 atom stereocenters. The summed E-state index contributed by atoms with van der Waals surface area (Å²) < 4.78 is 5.18. The first-order valence-corrected chi connectivity index (χ1v) is 10.3. The summed E-state index contributed by atoms with van der Waals surface area (Å²) >= 11 is 1.52. The fourth-order valence-electron chi connectivity index (χ4n) is 3.48. The Balaban J connectivity index is 1.64. The summed E-state index contributed by atoms with van der Waals surface area (Å²) in [5, 5.41) is 2.79. The van der Waals surface area contributed by atoms with Gasteiger partial charge in [-0.3, -0.25) is 9.78 Å². The molecular formula is C20H28N4O2S. The van der Waals surface area contributed by atoms with Gasteiger partial charge in [0.1, 0.15) is 5.69 Å². The number of methoxy groups -OCH3 is 1. The lowest BCUT2D eigenvalue weighted by Gasteiger charge is -2.34. The molecule has 3 heterocycles. The first kappa shape index (κ1) is 19.9. The summed E-state index contributed by atoms with van der Waals surface area (Å²) in [6, 6.07) is 3.94. The monoisotopic (exact) mass is 388 g/mol. The molecule has 2 aromatic rings. The molecule has 0 bridgehead atoms. The molecule has 0 aliphatic carbocycles. The Morgan fingerprint density at radius 2 is 2.07 bits per heavy atom. The third-order valence-electron chi connectivity index (χ3n) is 5.05. The Hall–Kier alpha value is -1.83. The fourth-order valence-corrected chi connectivity index (χ4v) is 4.06. The molecule has 1 fully saturated rings. The van der Waals surface area contributed by atoms with Crippen LogP contribution in [-0.2, 0) is 11.3 Å². The number of carbonyl (C=O) groups is 1. The molecule has 27 heavy (non-hydrogen) atoms. The maximum Gasteiger partial charge on any atom is 0.273 e. The molecular weight excluding hydrogens is 360 g/mol. The van der Waals surface area contributed by atoms with E-state index in [4.69, 9.17) is 4.74 Å². The van der Waals surface area contributed by atoms with Crippen LogP contribution in [-0.4, -0.2) is 65.6 Å². The van der Waals surface area contributed by atoms with E-state index in [1.54, 1.807) is 19.5 Å². The van der Waals surface area contributed by atoms with E-state index in [0.717, 1.165) is 56.2 Å². The van der Waals surface area contributed by atoms with Gasteiger partial charge in [-0.1, -0.05) is 0 Å². The predicted octanol–water partition coefficient (Wildman–Crippen LogP) is 2.85. The first-order chi connectivity index (χ1) is 13.2. The number of nitrogens with zero attached hydrogens (tertiary/aromatic N) is 4. The number of piperidine rings is 1.